The first-order valence-corrected chi connectivity index (χ1v) is 6.54. The zero-order valence-electron chi connectivity index (χ0n) is 11.1. The molecular formula is C15H23NO. The Hall–Kier alpha value is -1.31. The Labute approximate surface area is 104 Å². The molecule has 1 aromatic carbocycles. The molecule has 1 N–H and O–H groups in total. The van der Waals surface area contributed by atoms with Crippen LogP contribution in [0.4, 0.5) is 0 Å². The van der Waals surface area contributed by atoms with E-state index in [0.717, 1.165) is 18.4 Å². The van der Waals surface area contributed by atoms with E-state index in [4.69, 9.17) is 0 Å². The second kappa shape index (κ2) is 7.10. The highest BCUT2D eigenvalue weighted by atomic mass is 16.1. The molecule has 1 unspecified atom stereocenters. The average Bonchev–Trinajstić information content (AvgIpc) is 2.35. The fourth-order valence-corrected chi connectivity index (χ4v) is 1.80. The summed E-state index contributed by atoms with van der Waals surface area (Å²) in [6.45, 7) is 6.32. The molecule has 0 heterocycles. The van der Waals surface area contributed by atoms with E-state index >= 15 is 0 Å². The third-order valence-electron chi connectivity index (χ3n) is 3.05. The van der Waals surface area contributed by atoms with Gasteiger partial charge in [0.2, 0.25) is 0 Å². The van der Waals surface area contributed by atoms with Crippen molar-refractivity contribution < 1.29 is 4.79 Å². The van der Waals surface area contributed by atoms with Crippen LogP contribution in [0.2, 0.25) is 0 Å². The van der Waals surface area contributed by atoms with Crippen LogP contribution < -0.4 is 5.32 Å². The minimum atomic E-state index is 0.0490. The number of rotatable bonds is 6. The zero-order chi connectivity index (χ0) is 12.7. The Morgan fingerprint density at radius 3 is 2.41 bits per heavy atom. The lowest BCUT2D eigenvalue weighted by molar-refractivity contribution is 0.0933. The second-order valence-corrected chi connectivity index (χ2v) is 4.59. The summed E-state index contributed by atoms with van der Waals surface area (Å²) in [6.07, 6.45) is 4.42. The summed E-state index contributed by atoms with van der Waals surface area (Å²) >= 11 is 0. The molecule has 0 bridgehead atoms. The molecule has 0 spiro atoms. The van der Waals surface area contributed by atoms with Gasteiger partial charge >= 0.3 is 0 Å². The number of amides is 1. The van der Waals surface area contributed by atoms with Crippen molar-refractivity contribution >= 4 is 5.91 Å². The lowest BCUT2D eigenvalue weighted by Gasteiger charge is -2.16. The maximum atomic E-state index is 12.0. The van der Waals surface area contributed by atoms with E-state index in [2.05, 4.69) is 19.2 Å². The summed E-state index contributed by atoms with van der Waals surface area (Å²) in [6, 6.07) is 8.03. The van der Waals surface area contributed by atoms with Crippen molar-refractivity contribution in [2.45, 2.75) is 52.5 Å². The maximum Gasteiger partial charge on any atom is 0.251 e. The first-order chi connectivity index (χ1) is 8.17. The Bertz CT molecular complexity index is 342. The van der Waals surface area contributed by atoms with Gasteiger partial charge in [0.1, 0.15) is 0 Å². The molecule has 0 aromatic heterocycles. The molecule has 0 aliphatic carbocycles. The monoisotopic (exact) mass is 233 g/mol. The maximum absolute atomic E-state index is 12.0. The van der Waals surface area contributed by atoms with Crippen molar-refractivity contribution in [2.24, 2.45) is 0 Å². The number of nitrogens with one attached hydrogen (secondary N) is 1. The van der Waals surface area contributed by atoms with Crippen LogP contribution in [0.15, 0.2) is 24.3 Å². The molecule has 94 valence electrons. The second-order valence-electron chi connectivity index (χ2n) is 4.59. The third kappa shape index (κ3) is 4.59. The van der Waals surface area contributed by atoms with Crippen molar-refractivity contribution in [2.75, 3.05) is 0 Å². The van der Waals surface area contributed by atoms with Crippen LogP contribution in [0.1, 0.15) is 55.5 Å². The van der Waals surface area contributed by atoms with Gasteiger partial charge in [-0.15, -0.1) is 0 Å². The van der Waals surface area contributed by atoms with Gasteiger partial charge in [0.05, 0.1) is 0 Å². The minimum absolute atomic E-state index is 0.0490. The fraction of sp³-hybridized carbons (Fsp3) is 0.533. The van der Waals surface area contributed by atoms with Crippen LogP contribution in [-0.4, -0.2) is 11.9 Å². The molecule has 0 aliphatic heterocycles. The Balaban J connectivity index is 2.54. The van der Waals surface area contributed by atoms with Crippen LogP contribution in [0.3, 0.4) is 0 Å². The number of carbonyl (C=O) groups excluding carboxylic acids is 1. The topological polar surface area (TPSA) is 29.1 Å². The van der Waals surface area contributed by atoms with E-state index in [1.807, 2.05) is 31.2 Å². The van der Waals surface area contributed by atoms with Gasteiger partial charge < -0.3 is 5.32 Å². The summed E-state index contributed by atoms with van der Waals surface area (Å²) in [5.74, 6) is 0.0490. The number of benzene rings is 1. The lowest BCUT2D eigenvalue weighted by atomic mass is 10.1. The van der Waals surface area contributed by atoms with Crippen LogP contribution in [-0.2, 0) is 0 Å². The van der Waals surface area contributed by atoms with Crippen molar-refractivity contribution in [3.05, 3.63) is 35.4 Å². The standard InChI is InChI=1S/C15H23NO/c1-4-6-7-14(5-2)16-15(17)13-10-8-12(3)9-11-13/h8-11,14H,4-7H2,1-3H3,(H,16,17). The number of hydrogen-bond acceptors (Lipinski definition) is 1. The molecule has 0 radical (unpaired) electrons. The summed E-state index contributed by atoms with van der Waals surface area (Å²) < 4.78 is 0. The van der Waals surface area contributed by atoms with Crippen LogP contribution >= 0.6 is 0 Å². The van der Waals surface area contributed by atoms with E-state index in [1.165, 1.54) is 18.4 Å². The van der Waals surface area contributed by atoms with Crippen LogP contribution in [0, 0.1) is 6.92 Å². The quantitative estimate of drug-likeness (QED) is 0.797. The SMILES string of the molecule is CCCCC(CC)NC(=O)c1ccc(C)cc1. The normalized spacial score (nSPS) is 12.2. The van der Waals surface area contributed by atoms with Crippen molar-refractivity contribution in [3.63, 3.8) is 0 Å². The Morgan fingerprint density at radius 1 is 1.24 bits per heavy atom. The molecule has 1 amide bonds. The minimum Gasteiger partial charge on any atom is -0.349 e. The third-order valence-corrected chi connectivity index (χ3v) is 3.05. The van der Waals surface area contributed by atoms with E-state index in [-0.39, 0.29) is 5.91 Å². The van der Waals surface area contributed by atoms with Gasteiger partial charge in [0, 0.05) is 11.6 Å². The first kappa shape index (κ1) is 13.8. The van der Waals surface area contributed by atoms with Crippen LogP contribution in [0.25, 0.3) is 0 Å². The summed E-state index contributed by atoms with van der Waals surface area (Å²) in [7, 11) is 0. The Kier molecular flexibility index (Phi) is 5.75. The van der Waals surface area contributed by atoms with Gasteiger partial charge in [0.25, 0.3) is 5.91 Å². The van der Waals surface area contributed by atoms with Gasteiger partial charge in [-0.3, -0.25) is 4.79 Å². The van der Waals surface area contributed by atoms with Gasteiger partial charge in [-0.05, 0) is 31.9 Å². The van der Waals surface area contributed by atoms with Crippen molar-refractivity contribution in [1.29, 1.82) is 0 Å². The lowest BCUT2D eigenvalue weighted by Crippen LogP contribution is -2.34. The summed E-state index contributed by atoms with van der Waals surface area (Å²) in [5, 5.41) is 3.10. The number of carbonyl (C=O) groups is 1. The van der Waals surface area contributed by atoms with Crippen molar-refractivity contribution in [3.8, 4) is 0 Å². The zero-order valence-corrected chi connectivity index (χ0v) is 11.1. The molecule has 1 aromatic rings. The number of unbranched alkanes of at least 4 members (excludes halogenated alkanes) is 1. The number of hydrogen-bond donors (Lipinski definition) is 1. The number of aryl methyl sites for hydroxylation is 1. The molecule has 0 saturated heterocycles. The molecular weight excluding hydrogens is 210 g/mol. The molecule has 17 heavy (non-hydrogen) atoms. The molecule has 1 rings (SSSR count). The highest BCUT2D eigenvalue weighted by Crippen LogP contribution is 2.07. The smallest absolute Gasteiger partial charge is 0.251 e. The molecule has 0 saturated carbocycles. The molecule has 2 nitrogen and oxygen atoms in total. The predicted octanol–water partition coefficient (Wildman–Crippen LogP) is 3.69. The summed E-state index contributed by atoms with van der Waals surface area (Å²) in [5.41, 5.74) is 1.94. The highest BCUT2D eigenvalue weighted by Gasteiger charge is 2.11. The Morgan fingerprint density at radius 2 is 1.88 bits per heavy atom. The molecule has 0 aliphatic rings. The largest absolute Gasteiger partial charge is 0.349 e. The highest BCUT2D eigenvalue weighted by molar-refractivity contribution is 5.94. The van der Waals surface area contributed by atoms with E-state index < -0.39 is 0 Å². The summed E-state index contributed by atoms with van der Waals surface area (Å²) in [4.78, 5) is 12.0. The first-order valence-electron chi connectivity index (χ1n) is 6.54. The predicted molar refractivity (Wildman–Crippen MR) is 72.2 cm³/mol. The van der Waals surface area contributed by atoms with E-state index in [0.29, 0.717) is 6.04 Å². The van der Waals surface area contributed by atoms with Crippen molar-refractivity contribution in [1.82, 2.24) is 5.32 Å². The van der Waals surface area contributed by atoms with Gasteiger partial charge in [0.15, 0.2) is 0 Å². The molecule has 1 atom stereocenters. The van der Waals surface area contributed by atoms with Gasteiger partial charge in [-0.25, -0.2) is 0 Å². The van der Waals surface area contributed by atoms with E-state index in [9.17, 15) is 4.79 Å². The fourth-order valence-electron chi connectivity index (χ4n) is 1.80. The van der Waals surface area contributed by atoms with E-state index in [1.54, 1.807) is 0 Å². The van der Waals surface area contributed by atoms with Gasteiger partial charge in [-0.1, -0.05) is 44.4 Å². The molecule has 2 heteroatoms. The van der Waals surface area contributed by atoms with Gasteiger partial charge in [-0.2, -0.15) is 0 Å². The average molecular weight is 233 g/mol. The molecule has 0 fully saturated rings. The van der Waals surface area contributed by atoms with Crippen LogP contribution in [0.5, 0.6) is 0 Å².